The highest BCUT2D eigenvalue weighted by atomic mass is 16.5. The summed E-state index contributed by atoms with van der Waals surface area (Å²) in [6, 6.07) is 0.543. The largest absolute Gasteiger partial charge is 0.379 e. The summed E-state index contributed by atoms with van der Waals surface area (Å²) < 4.78 is 5.30. The maximum Gasteiger partial charge on any atom is 0.0594 e. The summed E-state index contributed by atoms with van der Waals surface area (Å²) >= 11 is 0. The fourth-order valence-electron chi connectivity index (χ4n) is 1.89. The highest BCUT2D eigenvalue weighted by Crippen LogP contribution is 2.38. The van der Waals surface area contributed by atoms with E-state index in [0.717, 1.165) is 26.3 Å². The minimum Gasteiger partial charge on any atom is -0.379 e. The van der Waals surface area contributed by atoms with Gasteiger partial charge in [-0.1, -0.05) is 0 Å². The van der Waals surface area contributed by atoms with Gasteiger partial charge >= 0.3 is 0 Å². The van der Waals surface area contributed by atoms with Crippen LogP contribution in [0.25, 0.3) is 0 Å². The van der Waals surface area contributed by atoms with Gasteiger partial charge in [0.1, 0.15) is 0 Å². The minimum atomic E-state index is 0.136. The van der Waals surface area contributed by atoms with Gasteiger partial charge in [-0.05, 0) is 19.8 Å². The monoisotopic (exact) mass is 170 g/mol. The highest BCUT2D eigenvalue weighted by Gasteiger charge is 2.45. The second kappa shape index (κ2) is 2.98. The van der Waals surface area contributed by atoms with Crippen molar-refractivity contribution in [3.63, 3.8) is 0 Å². The van der Waals surface area contributed by atoms with E-state index in [2.05, 4.69) is 11.8 Å². The molecule has 2 rings (SSSR count). The van der Waals surface area contributed by atoms with E-state index in [9.17, 15) is 0 Å². The molecule has 1 saturated heterocycles. The zero-order valence-corrected chi connectivity index (χ0v) is 7.75. The molecule has 0 bridgehead atoms. The molecule has 2 N–H and O–H groups in total. The van der Waals surface area contributed by atoms with Crippen LogP contribution in [0.2, 0.25) is 0 Å². The summed E-state index contributed by atoms with van der Waals surface area (Å²) in [5.41, 5.74) is 6.27. The Morgan fingerprint density at radius 2 is 1.92 bits per heavy atom. The highest BCUT2D eigenvalue weighted by molar-refractivity contribution is 5.06. The Hall–Kier alpha value is -0.120. The van der Waals surface area contributed by atoms with E-state index in [1.165, 1.54) is 12.8 Å². The average molecular weight is 170 g/mol. The molecule has 3 nitrogen and oxygen atoms in total. The number of rotatable bonds is 2. The van der Waals surface area contributed by atoms with Crippen molar-refractivity contribution >= 4 is 0 Å². The summed E-state index contributed by atoms with van der Waals surface area (Å²) in [6.45, 7) is 6.11. The lowest BCUT2D eigenvalue weighted by atomic mass is 10.1. The molecule has 1 aliphatic carbocycles. The fourth-order valence-corrected chi connectivity index (χ4v) is 1.89. The van der Waals surface area contributed by atoms with Gasteiger partial charge in [-0.25, -0.2) is 0 Å². The number of hydrogen-bond acceptors (Lipinski definition) is 3. The van der Waals surface area contributed by atoms with E-state index in [4.69, 9.17) is 10.5 Å². The fraction of sp³-hybridized carbons (Fsp3) is 1.00. The maximum atomic E-state index is 6.14. The molecule has 0 aromatic rings. The Bertz CT molecular complexity index is 162. The Morgan fingerprint density at radius 1 is 1.33 bits per heavy atom. The lowest BCUT2D eigenvalue weighted by Crippen LogP contribution is -2.51. The SMILES string of the molecule is CC(N1CCOCC1)C1(N)CC1. The molecule has 2 fully saturated rings. The molecule has 1 saturated carbocycles. The van der Waals surface area contributed by atoms with E-state index < -0.39 is 0 Å². The Balaban J connectivity index is 1.89. The summed E-state index contributed by atoms with van der Waals surface area (Å²) in [5.74, 6) is 0. The van der Waals surface area contributed by atoms with Crippen LogP contribution in [0, 0.1) is 0 Å². The van der Waals surface area contributed by atoms with Crippen molar-refractivity contribution in [3.8, 4) is 0 Å². The van der Waals surface area contributed by atoms with Crippen LogP contribution in [0.5, 0.6) is 0 Å². The van der Waals surface area contributed by atoms with Crippen LogP contribution in [0.3, 0.4) is 0 Å². The number of morpholine rings is 1. The van der Waals surface area contributed by atoms with E-state index >= 15 is 0 Å². The Labute approximate surface area is 73.9 Å². The van der Waals surface area contributed by atoms with E-state index in [-0.39, 0.29) is 5.54 Å². The first kappa shape index (κ1) is 8.48. The number of nitrogens with two attached hydrogens (primary N) is 1. The molecule has 0 aromatic carbocycles. The zero-order valence-electron chi connectivity index (χ0n) is 7.75. The lowest BCUT2D eigenvalue weighted by Gasteiger charge is -2.35. The molecule has 0 radical (unpaired) electrons. The van der Waals surface area contributed by atoms with Crippen LogP contribution in [0.1, 0.15) is 19.8 Å². The lowest BCUT2D eigenvalue weighted by molar-refractivity contribution is 0.0129. The van der Waals surface area contributed by atoms with Crippen molar-refractivity contribution in [1.82, 2.24) is 4.90 Å². The molecule has 2 aliphatic rings. The van der Waals surface area contributed by atoms with Gasteiger partial charge in [-0.3, -0.25) is 4.90 Å². The predicted molar refractivity (Wildman–Crippen MR) is 48.0 cm³/mol. The van der Waals surface area contributed by atoms with Gasteiger partial charge in [-0.2, -0.15) is 0 Å². The molecule has 0 aromatic heterocycles. The predicted octanol–water partition coefficient (Wildman–Crippen LogP) is 0.198. The second-order valence-electron chi connectivity index (χ2n) is 4.06. The molecular formula is C9H18N2O. The molecule has 12 heavy (non-hydrogen) atoms. The first-order valence-corrected chi connectivity index (χ1v) is 4.83. The van der Waals surface area contributed by atoms with Crippen LogP contribution in [0.4, 0.5) is 0 Å². The minimum absolute atomic E-state index is 0.136. The van der Waals surface area contributed by atoms with Crippen LogP contribution in [-0.4, -0.2) is 42.8 Å². The smallest absolute Gasteiger partial charge is 0.0594 e. The molecule has 0 spiro atoms. The van der Waals surface area contributed by atoms with E-state index in [1.807, 2.05) is 0 Å². The van der Waals surface area contributed by atoms with Crippen molar-refractivity contribution in [1.29, 1.82) is 0 Å². The Morgan fingerprint density at radius 3 is 2.42 bits per heavy atom. The molecule has 70 valence electrons. The average Bonchev–Trinajstić information content (AvgIpc) is 2.85. The van der Waals surface area contributed by atoms with Crippen molar-refractivity contribution in [2.45, 2.75) is 31.3 Å². The molecule has 0 amide bonds. The van der Waals surface area contributed by atoms with Crippen molar-refractivity contribution < 1.29 is 4.74 Å². The van der Waals surface area contributed by atoms with Gasteiger partial charge in [0.25, 0.3) is 0 Å². The standard InChI is InChI=1S/C9H18N2O/c1-8(9(10)2-3-9)11-4-6-12-7-5-11/h8H,2-7,10H2,1H3. The zero-order chi connectivity index (χ0) is 8.60. The van der Waals surface area contributed by atoms with Crippen LogP contribution in [-0.2, 0) is 4.74 Å². The van der Waals surface area contributed by atoms with Gasteiger partial charge < -0.3 is 10.5 Å². The molecule has 1 atom stereocenters. The van der Waals surface area contributed by atoms with Crippen LogP contribution < -0.4 is 5.73 Å². The molecule has 1 heterocycles. The quantitative estimate of drug-likeness (QED) is 0.643. The third-order valence-electron chi connectivity index (χ3n) is 3.25. The van der Waals surface area contributed by atoms with Gasteiger partial charge in [0, 0.05) is 24.7 Å². The van der Waals surface area contributed by atoms with Crippen molar-refractivity contribution in [2.24, 2.45) is 5.73 Å². The van der Waals surface area contributed by atoms with Crippen LogP contribution >= 0.6 is 0 Å². The van der Waals surface area contributed by atoms with E-state index in [1.54, 1.807) is 0 Å². The molecular weight excluding hydrogens is 152 g/mol. The van der Waals surface area contributed by atoms with Crippen molar-refractivity contribution in [3.05, 3.63) is 0 Å². The van der Waals surface area contributed by atoms with E-state index in [0.29, 0.717) is 6.04 Å². The molecule has 1 aliphatic heterocycles. The normalized spacial score (nSPS) is 31.5. The van der Waals surface area contributed by atoms with Gasteiger partial charge in [0.05, 0.1) is 13.2 Å². The van der Waals surface area contributed by atoms with Gasteiger partial charge in [0.15, 0.2) is 0 Å². The molecule has 3 heteroatoms. The second-order valence-corrected chi connectivity index (χ2v) is 4.06. The van der Waals surface area contributed by atoms with Gasteiger partial charge in [0.2, 0.25) is 0 Å². The summed E-state index contributed by atoms with van der Waals surface area (Å²) in [5, 5.41) is 0. The summed E-state index contributed by atoms with van der Waals surface area (Å²) in [4.78, 5) is 2.45. The number of nitrogens with zero attached hydrogens (tertiary/aromatic N) is 1. The number of hydrogen-bond donors (Lipinski definition) is 1. The first-order chi connectivity index (χ1) is 5.72. The maximum absolute atomic E-state index is 6.14. The van der Waals surface area contributed by atoms with Crippen LogP contribution in [0.15, 0.2) is 0 Å². The number of ether oxygens (including phenoxy) is 1. The topological polar surface area (TPSA) is 38.5 Å². The third-order valence-corrected chi connectivity index (χ3v) is 3.25. The Kier molecular flexibility index (Phi) is 2.10. The summed E-state index contributed by atoms with van der Waals surface area (Å²) in [7, 11) is 0. The van der Waals surface area contributed by atoms with Gasteiger partial charge in [-0.15, -0.1) is 0 Å². The van der Waals surface area contributed by atoms with Crippen molar-refractivity contribution in [2.75, 3.05) is 26.3 Å². The third kappa shape index (κ3) is 1.49. The first-order valence-electron chi connectivity index (χ1n) is 4.83. The summed E-state index contributed by atoms with van der Waals surface area (Å²) in [6.07, 6.45) is 2.40. The molecule has 1 unspecified atom stereocenters.